The fourth-order valence-corrected chi connectivity index (χ4v) is 2.84. The number of halogens is 1. The zero-order chi connectivity index (χ0) is 13.8. The molecule has 21 heavy (non-hydrogen) atoms. The molecule has 6 heteroatoms. The number of hydrogen-bond acceptors (Lipinski definition) is 4. The van der Waals surface area contributed by atoms with E-state index in [2.05, 4.69) is 5.32 Å². The molecule has 1 N–H and O–H groups in total. The number of ether oxygens (including phenoxy) is 2. The summed E-state index contributed by atoms with van der Waals surface area (Å²) in [7, 11) is 0. The second-order valence-electron chi connectivity index (χ2n) is 5.20. The average Bonchev–Trinajstić information content (AvgIpc) is 2.53. The fourth-order valence-electron chi connectivity index (χ4n) is 2.84. The molecule has 0 unspecified atom stereocenters. The van der Waals surface area contributed by atoms with Gasteiger partial charge in [-0.1, -0.05) is 30.3 Å². The Morgan fingerprint density at radius 1 is 1.38 bits per heavy atom. The number of carbonyl (C=O) groups is 1. The first-order valence-electron chi connectivity index (χ1n) is 7.14. The van der Waals surface area contributed by atoms with Gasteiger partial charge >= 0.3 is 6.09 Å². The van der Waals surface area contributed by atoms with Crippen molar-refractivity contribution in [3.63, 3.8) is 0 Å². The molecule has 0 spiro atoms. The Morgan fingerprint density at radius 3 is 3.00 bits per heavy atom. The lowest BCUT2D eigenvalue weighted by Crippen LogP contribution is -2.59. The monoisotopic (exact) mass is 312 g/mol. The molecule has 1 amide bonds. The normalized spacial score (nSPS) is 24.7. The molecule has 2 aliphatic rings. The maximum absolute atomic E-state index is 12.3. The molecule has 1 aromatic carbocycles. The van der Waals surface area contributed by atoms with Crippen molar-refractivity contribution in [3.05, 3.63) is 35.9 Å². The van der Waals surface area contributed by atoms with Crippen LogP contribution in [0, 0.1) is 0 Å². The molecular weight excluding hydrogens is 292 g/mol. The molecule has 0 saturated carbocycles. The first-order valence-corrected chi connectivity index (χ1v) is 7.14. The second kappa shape index (κ2) is 7.64. The Balaban J connectivity index is 0.00000161. The van der Waals surface area contributed by atoms with Crippen LogP contribution in [0.15, 0.2) is 30.3 Å². The van der Waals surface area contributed by atoms with Gasteiger partial charge in [0.15, 0.2) is 0 Å². The molecule has 2 fully saturated rings. The van der Waals surface area contributed by atoms with E-state index >= 15 is 0 Å². The molecule has 3 rings (SSSR count). The lowest BCUT2D eigenvalue weighted by atomic mass is 10.0. The number of fused-ring (bicyclic) bond motifs is 1. The molecule has 0 radical (unpaired) electrons. The highest BCUT2D eigenvalue weighted by Crippen LogP contribution is 2.20. The van der Waals surface area contributed by atoms with Gasteiger partial charge in [0.25, 0.3) is 0 Å². The Kier molecular flexibility index (Phi) is 5.85. The molecule has 5 nitrogen and oxygen atoms in total. The predicted octanol–water partition coefficient (Wildman–Crippen LogP) is 1.81. The van der Waals surface area contributed by atoms with Crippen molar-refractivity contribution in [2.24, 2.45) is 0 Å². The number of carbonyl (C=O) groups excluding carboxylic acids is 1. The van der Waals surface area contributed by atoms with E-state index in [-0.39, 0.29) is 30.6 Å². The van der Waals surface area contributed by atoms with Crippen molar-refractivity contribution in [3.8, 4) is 0 Å². The van der Waals surface area contributed by atoms with E-state index in [9.17, 15) is 4.79 Å². The van der Waals surface area contributed by atoms with E-state index in [1.54, 1.807) is 0 Å². The van der Waals surface area contributed by atoms with E-state index in [1.165, 1.54) is 0 Å². The Hall–Kier alpha value is -1.30. The van der Waals surface area contributed by atoms with Crippen LogP contribution in [-0.2, 0) is 16.1 Å². The SMILES string of the molecule is Cl.O=C(OCc1ccccc1)N1CCO[C@H]2CNCC[C@@H]21. The van der Waals surface area contributed by atoms with Gasteiger partial charge in [-0.3, -0.25) is 0 Å². The highest BCUT2D eigenvalue weighted by atomic mass is 35.5. The topological polar surface area (TPSA) is 50.8 Å². The van der Waals surface area contributed by atoms with Crippen LogP contribution in [0.1, 0.15) is 12.0 Å². The van der Waals surface area contributed by atoms with Gasteiger partial charge < -0.3 is 19.7 Å². The van der Waals surface area contributed by atoms with Gasteiger partial charge in [0, 0.05) is 13.1 Å². The van der Waals surface area contributed by atoms with Crippen LogP contribution >= 0.6 is 12.4 Å². The Morgan fingerprint density at radius 2 is 2.19 bits per heavy atom. The second-order valence-corrected chi connectivity index (χ2v) is 5.20. The van der Waals surface area contributed by atoms with Crippen molar-refractivity contribution in [2.75, 3.05) is 26.2 Å². The summed E-state index contributed by atoms with van der Waals surface area (Å²) in [5.41, 5.74) is 1.01. The van der Waals surface area contributed by atoms with Gasteiger partial charge in [-0.05, 0) is 18.5 Å². The standard InChI is InChI=1S/C15H20N2O3.ClH/c18-15(20-11-12-4-2-1-3-5-12)17-8-9-19-14-10-16-7-6-13(14)17;/h1-5,13-14,16H,6-11H2;1H/t13-,14-;/m0./s1. The number of hydrogen-bond donors (Lipinski definition) is 1. The minimum atomic E-state index is -0.228. The first kappa shape index (κ1) is 16.1. The highest BCUT2D eigenvalue weighted by Gasteiger charge is 2.37. The summed E-state index contributed by atoms with van der Waals surface area (Å²) in [5.74, 6) is 0. The zero-order valence-electron chi connectivity index (χ0n) is 11.9. The van der Waals surface area contributed by atoms with E-state index < -0.39 is 0 Å². The number of morpholine rings is 1. The predicted molar refractivity (Wildman–Crippen MR) is 81.6 cm³/mol. The summed E-state index contributed by atoms with van der Waals surface area (Å²) < 4.78 is 11.1. The van der Waals surface area contributed by atoms with Crippen molar-refractivity contribution < 1.29 is 14.3 Å². The van der Waals surface area contributed by atoms with Gasteiger partial charge in [0.2, 0.25) is 0 Å². The average molecular weight is 313 g/mol. The van der Waals surface area contributed by atoms with Crippen molar-refractivity contribution in [1.29, 1.82) is 0 Å². The largest absolute Gasteiger partial charge is 0.445 e. The van der Waals surface area contributed by atoms with Gasteiger partial charge in [-0.25, -0.2) is 4.79 Å². The van der Waals surface area contributed by atoms with Crippen LogP contribution in [-0.4, -0.2) is 49.4 Å². The molecule has 2 heterocycles. The van der Waals surface area contributed by atoms with E-state index in [1.807, 2.05) is 35.2 Å². The summed E-state index contributed by atoms with van der Waals surface area (Å²) in [4.78, 5) is 14.1. The number of rotatable bonds is 2. The van der Waals surface area contributed by atoms with Crippen LogP contribution in [0.5, 0.6) is 0 Å². The zero-order valence-corrected chi connectivity index (χ0v) is 12.7. The van der Waals surface area contributed by atoms with Crippen LogP contribution < -0.4 is 5.32 Å². The molecule has 0 aliphatic carbocycles. The van der Waals surface area contributed by atoms with Gasteiger partial charge in [0.1, 0.15) is 6.61 Å². The van der Waals surface area contributed by atoms with E-state index in [0.717, 1.165) is 25.1 Å². The maximum atomic E-state index is 12.3. The number of amides is 1. The van der Waals surface area contributed by atoms with E-state index in [0.29, 0.717) is 19.8 Å². The molecule has 1 aromatic rings. The number of benzene rings is 1. The van der Waals surface area contributed by atoms with Gasteiger partial charge in [-0.15, -0.1) is 12.4 Å². The number of nitrogens with zero attached hydrogens (tertiary/aromatic N) is 1. The van der Waals surface area contributed by atoms with Gasteiger partial charge in [-0.2, -0.15) is 0 Å². The molecule has 116 valence electrons. The van der Waals surface area contributed by atoms with Crippen molar-refractivity contribution in [2.45, 2.75) is 25.2 Å². The lowest BCUT2D eigenvalue weighted by Gasteiger charge is -2.43. The van der Waals surface area contributed by atoms with Crippen LogP contribution in [0.2, 0.25) is 0 Å². The summed E-state index contributed by atoms with van der Waals surface area (Å²) in [6.45, 7) is 3.27. The fraction of sp³-hybridized carbons (Fsp3) is 0.533. The third-order valence-corrected chi connectivity index (χ3v) is 3.90. The highest BCUT2D eigenvalue weighted by molar-refractivity contribution is 5.85. The third-order valence-electron chi connectivity index (χ3n) is 3.90. The van der Waals surface area contributed by atoms with Crippen molar-refractivity contribution >= 4 is 18.5 Å². The molecular formula is C15H21ClN2O3. The summed E-state index contributed by atoms with van der Waals surface area (Å²) in [6, 6.07) is 9.90. The molecule has 0 aromatic heterocycles. The molecule has 0 bridgehead atoms. The van der Waals surface area contributed by atoms with E-state index in [4.69, 9.17) is 9.47 Å². The number of nitrogens with one attached hydrogen (secondary N) is 1. The quantitative estimate of drug-likeness (QED) is 0.905. The van der Waals surface area contributed by atoms with Gasteiger partial charge in [0.05, 0.1) is 18.8 Å². The molecule has 2 saturated heterocycles. The summed E-state index contributed by atoms with van der Waals surface area (Å²) in [5, 5.41) is 3.30. The molecule has 2 aliphatic heterocycles. The van der Waals surface area contributed by atoms with Crippen LogP contribution in [0.4, 0.5) is 4.79 Å². The van der Waals surface area contributed by atoms with Crippen LogP contribution in [0.25, 0.3) is 0 Å². The van der Waals surface area contributed by atoms with Crippen molar-refractivity contribution in [1.82, 2.24) is 10.2 Å². The Bertz CT molecular complexity index is 455. The van der Waals surface area contributed by atoms with Crippen LogP contribution in [0.3, 0.4) is 0 Å². The number of piperidine rings is 1. The summed E-state index contributed by atoms with van der Waals surface area (Å²) in [6.07, 6.45) is 0.793. The lowest BCUT2D eigenvalue weighted by molar-refractivity contribution is -0.0755. The Labute approximate surface area is 131 Å². The molecule has 2 atom stereocenters. The first-order chi connectivity index (χ1) is 9.84. The minimum absolute atomic E-state index is 0. The third kappa shape index (κ3) is 3.87. The minimum Gasteiger partial charge on any atom is -0.445 e. The smallest absolute Gasteiger partial charge is 0.410 e. The maximum Gasteiger partial charge on any atom is 0.410 e. The summed E-state index contributed by atoms with van der Waals surface area (Å²) >= 11 is 0.